The van der Waals surface area contributed by atoms with Gasteiger partial charge in [0.25, 0.3) is 0 Å². The second-order valence-electron chi connectivity index (χ2n) is 4.41. The van der Waals surface area contributed by atoms with E-state index < -0.39 is 0 Å². The van der Waals surface area contributed by atoms with Gasteiger partial charge in [-0.1, -0.05) is 23.2 Å². The Hall–Kier alpha value is -1.03. The zero-order chi connectivity index (χ0) is 12.5. The fourth-order valence-corrected chi connectivity index (χ4v) is 2.09. The first kappa shape index (κ1) is 12.0. The molecule has 1 heterocycles. The summed E-state index contributed by atoms with van der Waals surface area (Å²) in [6.45, 7) is 0.719. The van der Waals surface area contributed by atoms with Gasteiger partial charge in [-0.05, 0) is 31.0 Å². The summed E-state index contributed by atoms with van der Waals surface area (Å²) in [6, 6.07) is 6.09. The SMILES string of the molecule is Clc1ccc(-c2ocnc2CNC2CC2)cc1Cl. The Balaban J connectivity index is 1.85. The molecule has 0 atom stereocenters. The minimum atomic E-state index is 0.520. The van der Waals surface area contributed by atoms with E-state index in [0.29, 0.717) is 16.1 Å². The van der Waals surface area contributed by atoms with Gasteiger partial charge in [0, 0.05) is 18.2 Å². The van der Waals surface area contributed by atoms with E-state index in [-0.39, 0.29) is 0 Å². The number of benzene rings is 1. The Morgan fingerprint density at radius 1 is 1.28 bits per heavy atom. The van der Waals surface area contributed by atoms with Gasteiger partial charge < -0.3 is 9.73 Å². The van der Waals surface area contributed by atoms with E-state index in [4.69, 9.17) is 27.6 Å². The van der Waals surface area contributed by atoms with Crippen LogP contribution in [0.2, 0.25) is 10.0 Å². The van der Waals surface area contributed by atoms with Crippen molar-refractivity contribution < 1.29 is 4.42 Å². The third-order valence-electron chi connectivity index (χ3n) is 2.96. The molecule has 3 rings (SSSR count). The van der Waals surface area contributed by atoms with Crippen molar-refractivity contribution in [2.24, 2.45) is 0 Å². The van der Waals surface area contributed by atoms with Gasteiger partial charge in [-0.3, -0.25) is 0 Å². The number of nitrogens with one attached hydrogen (secondary N) is 1. The van der Waals surface area contributed by atoms with Crippen LogP contribution in [0.15, 0.2) is 29.0 Å². The molecule has 0 amide bonds. The lowest BCUT2D eigenvalue weighted by Crippen LogP contribution is -2.15. The van der Waals surface area contributed by atoms with Crippen molar-refractivity contribution in [3.05, 3.63) is 40.3 Å². The van der Waals surface area contributed by atoms with Gasteiger partial charge in [0.15, 0.2) is 12.2 Å². The van der Waals surface area contributed by atoms with Gasteiger partial charge >= 0.3 is 0 Å². The highest BCUT2D eigenvalue weighted by Crippen LogP contribution is 2.30. The van der Waals surface area contributed by atoms with Crippen molar-refractivity contribution in [1.82, 2.24) is 10.3 Å². The highest BCUT2D eigenvalue weighted by atomic mass is 35.5. The Kier molecular flexibility index (Phi) is 3.29. The first-order valence-corrected chi connectivity index (χ1v) is 6.61. The van der Waals surface area contributed by atoms with Crippen molar-refractivity contribution >= 4 is 23.2 Å². The summed E-state index contributed by atoms with van der Waals surface area (Å²) in [5.41, 5.74) is 1.80. The summed E-state index contributed by atoms with van der Waals surface area (Å²) in [5.74, 6) is 0.752. The van der Waals surface area contributed by atoms with E-state index in [0.717, 1.165) is 23.6 Å². The van der Waals surface area contributed by atoms with Gasteiger partial charge in [-0.15, -0.1) is 0 Å². The maximum absolute atomic E-state index is 6.01. The fourth-order valence-electron chi connectivity index (χ4n) is 1.80. The molecule has 1 aliphatic carbocycles. The number of rotatable bonds is 4. The predicted molar refractivity (Wildman–Crippen MR) is 71.8 cm³/mol. The number of halogens is 2. The van der Waals surface area contributed by atoms with Gasteiger partial charge in [-0.2, -0.15) is 0 Å². The number of oxazole rings is 1. The topological polar surface area (TPSA) is 38.1 Å². The fraction of sp³-hybridized carbons (Fsp3) is 0.308. The van der Waals surface area contributed by atoms with Crippen LogP contribution in [-0.2, 0) is 6.54 Å². The van der Waals surface area contributed by atoms with Gasteiger partial charge in [-0.25, -0.2) is 4.98 Å². The molecule has 1 aliphatic rings. The summed E-state index contributed by atoms with van der Waals surface area (Å²) in [6.07, 6.45) is 3.96. The lowest BCUT2D eigenvalue weighted by molar-refractivity contribution is 0.569. The van der Waals surface area contributed by atoms with Gasteiger partial charge in [0.1, 0.15) is 5.69 Å². The molecule has 1 N–H and O–H groups in total. The Labute approximate surface area is 115 Å². The Morgan fingerprint density at radius 3 is 2.83 bits per heavy atom. The third kappa shape index (κ3) is 2.53. The van der Waals surface area contributed by atoms with Gasteiger partial charge in [0.2, 0.25) is 0 Å². The highest BCUT2D eigenvalue weighted by molar-refractivity contribution is 6.42. The number of hydrogen-bond acceptors (Lipinski definition) is 3. The van der Waals surface area contributed by atoms with Crippen LogP contribution in [0.25, 0.3) is 11.3 Å². The van der Waals surface area contributed by atoms with E-state index >= 15 is 0 Å². The summed E-state index contributed by atoms with van der Waals surface area (Å²) >= 11 is 11.9. The largest absolute Gasteiger partial charge is 0.443 e. The van der Waals surface area contributed by atoms with Crippen LogP contribution in [0, 0.1) is 0 Å². The predicted octanol–water partition coefficient (Wildman–Crippen LogP) is 3.90. The Morgan fingerprint density at radius 2 is 2.11 bits per heavy atom. The normalized spacial score (nSPS) is 15.0. The zero-order valence-electron chi connectivity index (χ0n) is 9.62. The van der Waals surface area contributed by atoms with Crippen LogP contribution < -0.4 is 5.32 Å². The summed E-state index contributed by atoms with van der Waals surface area (Å²) < 4.78 is 5.45. The molecule has 94 valence electrons. The molecule has 0 radical (unpaired) electrons. The van der Waals surface area contributed by atoms with Crippen molar-refractivity contribution in [2.45, 2.75) is 25.4 Å². The third-order valence-corrected chi connectivity index (χ3v) is 3.70. The highest BCUT2D eigenvalue weighted by Gasteiger charge is 2.21. The molecule has 1 fully saturated rings. The molecule has 2 aromatic rings. The molecule has 3 nitrogen and oxygen atoms in total. The molecular formula is C13H12Cl2N2O. The molecule has 0 bridgehead atoms. The molecule has 1 aromatic heterocycles. The number of nitrogens with zero attached hydrogens (tertiary/aromatic N) is 1. The first-order valence-electron chi connectivity index (χ1n) is 5.85. The first-order chi connectivity index (χ1) is 8.74. The zero-order valence-corrected chi connectivity index (χ0v) is 11.1. The molecule has 0 spiro atoms. The maximum atomic E-state index is 6.01. The molecule has 1 saturated carbocycles. The lowest BCUT2D eigenvalue weighted by Gasteiger charge is -2.04. The minimum absolute atomic E-state index is 0.520. The van der Waals surface area contributed by atoms with Crippen LogP contribution in [0.5, 0.6) is 0 Å². The molecule has 5 heteroatoms. The standard InChI is InChI=1S/C13H12Cl2N2O/c14-10-4-1-8(5-11(10)15)13-12(17-7-18-13)6-16-9-2-3-9/h1,4-5,7,9,16H,2-3,6H2. The number of hydrogen-bond donors (Lipinski definition) is 1. The molecule has 0 saturated heterocycles. The summed E-state index contributed by atoms with van der Waals surface area (Å²) in [5, 5.41) is 4.47. The molecular weight excluding hydrogens is 271 g/mol. The molecule has 0 unspecified atom stereocenters. The minimum Gasteiger partial charge on any atom is -0.443 e. The Bertz CT molecular complexity index is 564. The van der Waals surface area contributed by atoms with Crippen molar-refractivity contribution in [1.29, 1.82) is 0 Å². The van der Waals surface area contributed by atoms with Crippen molar-refractivity contribution in [2.75, 3.05) is 0 Å². The molecule has 0 aliphatic heterocycles. The molecule has 1 aromatic carbocycles. The maximum Gasteiger partial charge on any atom is 0.181 e. The van der Waals surface area contributed by atoms with Crippen LogP contribution in [0.1, 0.15) is 18.5 Å². The van der Waals surface area contributed by atoms with Gasteiger partial charge in [0.05, 0.1) is 10.0 Å². The van der Waals surface area contributed by atoms with Crippen LogP contribution in [-0.4, -0.2) is 11.0 Å². The van der Waals surface area contributed by atoms with E-state index in [1.54, 1.807) is 12.1 Å². The van der Waals surface area contributed by atoms with E-state index in [9.17, 15) is 0 Å². The second-order valence-corrected chi connectivity index (χ2v) is 5.23. The van der Waals surface area contributed by atoms with Crippen molar-refractivity contribution in [3.8, 4) is 11.3 Å². The van der Waals surface area contributed by atoms with Crippen molar-refractivity contribution in [3.63, 3.8) is 0 Å². The second kappa shape index (κ2) is 4.92. The summed E-state index contributed by atoms with van der Waals surface area (Å²) in [7, 11) is 0. The van der Waals surface area contributed by atoms with Crippen LogP contribution in [0.4, 0.5) is 0 Å². The average molecular weight is 283 g/mol. The van der Waals surface area contributed by atoms with Crippen LogP contribution in [0.3, 0.4) is 0 Å². The quantitative estimate of drug-likeness (QED) is 0.924. The smallest absolute Gasteiger partial charge is 0.181 e. The monoisotopic (exact) mass is 282 g/mol. The van der Waals surface area contributed by atoms with Crippen LogP contribution >= 0.6 is 23.2 Å². The van der Waals surface area contributed by atoms with E-state index in [2.05, 4.69) is 10.3 Å². The summed E-state index contributed by atoms with van der Waals surface area (Å²) in [4.78, 5) is 4.24. The number of aromatic nitrogens is 1. The average Bonchev–Trinajstić information content (AvgIpc) is 3.08. The lowest BCUT2D eigenvalue weighted by atomic mass is 10.1. The van der Waals surface area contributed by atoms with E-state index in [1.807, 2.05) is 6.07 Å². The van der Waals surface area contributed by atoms with E-state index in [1.165, 1.54) is 19.2 Å². The molecule has 18 heavy (non-hydrogen) atoms.